The van der Waals surface area contributed by atoms with Crippen LogP contribution >= 0.6 is 0 Å². The molecule has 0 saturated carbocycles. The first-order chi connectivity index (χ1) is 13.1. The van der Waals surface area contributed by atoms with Crippen molar-refractivity contribution in [3.8, 4) is 0 Å². The van der Waals surface area contributed by atoms with E-state index in [1.54, 1.807) is 10.9 Å². The van der Waals surface area contributed by atoms with Crippen molar-refractivity contribution in [2.24, 2.45) is 7.05 Å². The zero-order valence-electron chi connectivity index (χ0n) is 16.0. The van der Waals surface area contributed by atoms with Gasteiger partial charge in [0.05, 0.1) is 25.1 Å². The lowest BCUT2D eigenvalue weighted by Gasteiger charge is -2.35. The summed E-state index contributed by atoms with van der Waals surface area (Å²) in [7, 11) is 1.88. The van der Waals surface area contributed by atoms with Crippen molar-refractivity contribution in [3.05, 3.63) is 42.2 Å². The van der Waals surface area contributed by atoms with Crippen molar-refractivity contribution in [3.63, 3.8) is 0 Å². The van der Waals surface area contributed by atoms with E-state index >= 15 is 0 Å². The molecule has 7 nitrogen and oxygen atoms in total. The zero-order valence-corrected chi connectivity index (χ0v) is 16.0. The fraction of sp³-hybridized carbons (Fsp3) is 0.500. The summed E-state index contributed by atoms with van der Waals surface area (Å²) in [6, 6.07) is 8.34. The fourth-order valence-electron chi connectivity index (χ4n) is 4.16. The van der Waals surface area contributed by atoms with Crippen LogP contribution in [0.2, 0.25) is 0 Å². The number of ether oxygens (including phenoxy) is 1. The van der Waals surface area contributed by atoms with Crippen LogP contribution in [-0.4, -0.2) is 70.4 Å². The highest BCUT2D eigenvalue weighted by Crippen LogP contribution is 2.26. The van der Waals surface area contributed by atoms with Gasteiger partial charge in [0.25, 0.3) is 5.91 Å². The Balaban J connectivity index is 1.45. The van der Waals surface area contributed by atoms with Crippen LogP contribution in [0.4, 0.5) is 11.4 Å². The van der Waals surface area contributed by atoms with Gasteiger partial charge in [-0.1, -0.05) is 6.07 Å². The second kappa shape index (κ2) is 7.70. The van der Waals surface area contributed by atoms with Crippen molar-refractivity contribution in [2.45, 2.75) is 25.4 Å². The number of rotatable bonds is 4. The van der Waals surface area contributed by atoms with Gasteiger partial charge < -0.3 is 15.0 Å². The Labute approximate surface area is 159 Å². The second-order valence-corrected chi connectivity index (χ2v) is 7.35. The monoisotopic (exact) mass is 369 g/mol. The van der Waals surface area contributed by atoms with Crippen LogP contribution in [0.1, 0.15) is 23.7 Å². The molecule has 0 unspecified atom stereocenters. The van der Waals surface area contributed by atoms with Crippen LogP contribution in [0.25, 0.3) is 0 Å². The summed E-state index contributed by atoms with van der Waals surface area (Å²) in [6.45, 7) is 6.48. The minimum atomic E-state index is 0.105. The molecule has 0 aliphatic carbocycles. The molecule has 1 amide bonds. The molecule has 0 bridgehead atoms. The third-order valence-electron chi connectivity index (χ3n) is 5.59. The Morgan fingerprint density at radius 3 is 2.78 bits per heavy atom. The molecule has 2 fully saturated rings. The van der Waals surface area contributed by atoms with Crippen molar-refractivity contribution >= 4 is 17.3 Å². The summed E-state index contributed by atoms with van der Waals surface area (Å²) in [5.41, 5.74) is 2.52. The number of morpholine rings is 1. The number of amides is 1. The van der Waals surface area contributed by atoms with E-state index in [-0.39, 0.29) is 11.9 Å². The molecular formula is C20H27N5O2. The SMILES string of the molecule is C[C@@H]1[C@H](N2CCOCC2)CCN1C(=O)c1cccc(Nc2cnn(C)c2)c1. The van der Waals surface area contributed by atoms with Crippen molar-refractivity contribution < 1.29 is 9.53 Å². The predicted octanol–water partition coefficient (Wildman–Crippen LogP) is 2.10. The minimum Gasteiger partial charge on any atom is -0.379 e. The van der Waals surface area contributed by atoms with Crippen molar-refractivity contribution in [1.82, 2.24) is 19.6 Å². The van der Waals surface area contributed by atoms with Gasteiger partial charge in [0.1, 0.15) is 0 Å². The van der Waals surface area contributed by atoms with E-state index in [0.29, 0.717) is 6.04 Å². The van der Waals surface area contributed by atoms with Gasteiger partial charge in [0, 0.05) is 56.2 Å². The third kappa shape index (κ3) is 3.84. The first-order valence-electron chi connectivity index (χ1n) is 9.60. The highest BCUT2D eigenvalue weighted by Gasteiger charge is 2.37. The molecule has 1 N–H and O–H groups in total. The van der Waals surface area contributed by atoms with Gasteiger partial charge in [-0.2, -0.15) is 5.10 Å². The standard InChI is InChI=1S/C20H27N5O2/c1-15-19(24-8-10-27-11-9-24)6-7-25(15)20(26)16-4-3-5-17(12-16)22-18-13-21-23(2)14-18/h3-5,12-15,19,22H,6-11H2,1-2H3/t15-,19-/m1/s1. The Morgan fingerprint density at radius 1 is 1.22 bits per heavy atom. The number of aryl methyl sites for hydroxylation is 1. The van der Waals surface area contributed by atoms with Crippen LogP contribution in [0.5, 0.6) is 0 Å². The highest BCUT2D eigenvalue weighted by atomic mass is 16.5. The Bertz CT molecular complexity index is 799. The van der Waals surface area contributed by atoms with Gasteiger partial charge >= 0.3 is 0 Å². The maximum Gasteiger partial charge on any atom is 0.254 e. The number of carbonyl (C=O) groups is 1. The average molecular weight is 369 g/mol. The number of hydrogen-bond acceptors (Lipinski definition) is 5. The number of nitrogens with one attached hydrogen (secondary N) is 1. The maximum atomic E-state index is 13.1. The van der Waals surface area contributed by atoms with Gasteiger partial charge in [0.15, 0.2) is 0 Å². The predicted molar refractivity (Wildman–Crippen MR) is 104 cm³/mol. The summed E-state index contributed by atoms with van der Waals surface area (Å²) < 4.78 is 7.21. The number of carbonyl (C=O) groups excluding carboxylic acids is 1. The largest absolute Gasteiger partial charge is 0.379 e. The van der Waals surface area contributed by atoms with Crippen molar-refractivity contribution in [1.29, 1.82) is 0 Å². The number of likely N-dealkylation sites (tertiary alicyclic amines) is 1. The van der Waals surface area contributed by atoms with Crippen LogP contribution in [0.15, 0.2) is 36.7 Å². The molecule has 2 saturated heterocycles. The van der Waals surface area contributed by atoms with E-state index in [0.717, 1.165) is 56.2 Å². The first kappa shape index (κ1) is 18.0. The molecule has 4 rings (SSSR count). The van der Waals surface area contributed by atoms with Gasteiger partial charge in [-0.15, -0.1) is 0 Å². The molecule has 144 valence electrons. The number of hydrogen-bond donors (Lipinski definition) is 1. The number of anilines is 2. The number of nitrogens with zero attached hydrogens (tertiary/aromatic N) is 4. The van der Waals surface area contributed by atoms with Crippen LogP contribution < -0.4 is 5.32 Å². The smallest absolute Gasteiger partial charge is 0.254 e. The summed E-state index contributed by atoms with van der Waals surface area (Å²) in [6.07, 6.45) is 4.70. The Morgan fingerprint density at radius 2 is 2.04 bits per heavy atom. The average Bonchev–Trinajstić information content (AvgIpc) is 3.27. The fourth-order valence-corrected chi connectivity index (χ4v) is 4.16. The van der Waals surface area contributed by atoms with Crippen molar-refractivity contribution in [2.75, 3.05) is 38.2 Å². The van der Waals surface area contributed by atoms with E-state index in [9.17, 15) is 4.79 Å². The van der Waals surface area contributed by atoms with Gasteiger partial charge in [-0.3, -0.25) is 14.4 Å². The normalized spacial score (nSPS) is 23.6. The minimum absolute atomic E-state index is 0.105. The highest BCUT2D eigenvalue weighted by molar-refractivity contribution is 5.95. The summed E-state index contributed by atoms with van der Waals surface area (Å²) in [5.74, 6) is 0.105. The summed E-state index contributed by atoms with van der Waals surface area (Å²) in [5, 5.41) is 7.47. The Kier molecular flexibility index (Phi) is 5.13. The molecular weight excluding hydrogens is 342 g/mol. The van der Waals surface area contributed by atoms with Gasteiger partial charge in [-0.25, -0.2) is 0 Å². The zero-order chi connectivity index (χ0) is 18.8. The van der Waals surface area contributed by atoms with Crippen LogP contribution in [0.3, 0.4) is 0 Å². The lowest BCUT2D eigenvalue weighted by Crippen LogP contribution is -2.49. The molecule has 0 spiro atoms. The van der Waals surface area contributed by atoms with E-state index < -0.39 is 0 Å². The molecule has 2 atom stereocenters. The van der Waals surface area contributed by atoms with E-state index in [2.05, 4.69) is 22.2 Å². The van der Waals surface area contributed by atoms with E-state index in [4.69, 9.17) is 4.74 Å². The topological polar surface area (TPSA) is 62.6 Å². The lowest BCUT2D eigenvalue weighted by molar-refractivity contribution is 0.0104. The molecule has 2 aliphatic rings. The Hall–Kier alpha value is -2.38. The molecule has 2 aromatic rings. The van der Waals surface area contributed by atoms with E-state index in [1.807, 2.05) is 42.4 Å². The van der Waals surface area contributed by atoms with Crippen LogP contribution in [-0.2, 0) is 11.8 Å². The molecule has 0 radical (unpaired) electrons. The molecule has 27 heavy (non-hydrogen) atoms. The number of aromatic nitrogens is 2. The molecule has 1 aromatic heterocycles. The molecule has 1 aromatic carbocycles. The first-order valence-corrected chi connectivity index (χ1v) is 9.60. The van der Waals surface area contributed by atoms with Gasteiger partial charge in [0.2, 0.25) is 0 Å². The number of benzene rings is 1. The van der Waals surface area contributed by atoms with E-state index in [1.165, 1.54) is 0 Å². The molecule has 3 heterocycles. The van der Waals surface area contributed by atoms with Gasteiger partial charge in [-0.05, 0) is 31.5 Å². The summed E-state index contributed by atoms with van der Waals surface area (Å²) in [4.78, 5) is 17.6. The maximum absolute atomic E-state index is 13.1. The molecule has 2 aliphatic heterocycles. The second-order valence-electron chi connectivity index (χ2n) is 7.35. The lowest BCUT2D eigenvalue weighted by atomic mass is 10.1. The third-order valence-corrected chi connectivity index (χ3v) is 5.59. The summed E-state index contributed by atoms with van der Waals surface area (Å²) >= 11 is 0. The van der Waals surface area contributed by atoms with Crippen LogP contribution in [0, 0.1) is 0 Å². The molecule has 7 heteroatoms. The quantitative estimate of drug-likeness (QED) is 0.894.